The Balaban J connectivity index is 2.25. The van der Waals surface area contributed by atoms with E-state index < -0.39 is 17.9 Å². The van der Waals surface area contributed by atoms with E-state index in [4.69, 9.17) is 64.0 Å². The van der Waals surface area contributed by atoms with Gasteiger partial charge in [0.2, 0.25) is 24.2 Å². The Hall–Kier alpha value is -4.83. The van der Waals surface area contributed by atoms with Crippen LogP contribution in [-0.4, -0.2) is 139 Å². The van der Waals surface area contributed by atoms with E-state index >= 15 is 0 Å². The average molecular weight is 941 g/mol. The van der Waals surface area contributed by atoms with Gasteiger partial charge in [-0.25, -0.2) is 0 Å². The number of terminal acetylenes is 3. The molecule has 0 aliphatic carbocycles. The number of carbonyl (C=O) groups excluding carboxylic acids is 4. The number of hydrogen-bond acceptors (Lipinski definition) is 12. The molecule has 0 saturated carbocycles. The van der Waals surface area contributed by atoms with Gasteiger partial charge in [-0.05, 0) is 66.5 Å². The Morgan fingerprint density at radius 3 is 1.31 bits per heavy atom. The Kier molecular flexibility index (Phi) is 29.1. The largest absolute Gasteiger partial charge is 0.443 e. The number of benzene rings is 2. The van der Waals surface area contributed by atoms with Gasteiger partial charge in [0.1, 0.15) is 25.6 Å². The third kappa shape index (κ3) is 25.5. The summed E-state index contributed by atoms with van der Waals surface area (Å²) < 4.78 is 37.8. The summed E-state index contributed by atoms with van der Waals surface area (Å²) >= 11 is 5.27. The first-order chi connectivity index (χ1) is 31.3. The van der Waals surface area contributed by atoms with Gasteiger partial charge in [-0.2, -0.15) is 0 Å². The maximum Gasteiger partial charge on any atom is 0.251 e. The van der Waals surface area contributed by atoms with Crippen molar-refractivity contribution < 1.29 is 57.0 Å². The van der Waals surface area contributed by atoms with Gasteiger partial charge in [-0.3, -0.25) is 19.2 Å². The summed E-state index contributed by atoms with van der Waals surface area (Å²) in [4.78, 5) is 64.2. The molecule has 1 unspecified atom stereocenters. The Labute approximate surface area is 389 Å². The lowest BCUT2D eigenvalue weighted by atomic mass is 9.82. The third-order valence-corrected chi connectivity index (χ3v) is 12.7. The molecule has 0 aliphatic heterocycles. The molecule has 0 bridgehead atoms. The second kappa shape index (κ2) is 33.6. The van der Waals surface area contributed by atoms with Gasteiger partial charge < -0.3 is 59.1 Å². The van der Waals surface area contributed by atoms with Gasteiger partial charge in [-0.15, -0.1) is 19.3 Å². The fourth-order valence-electron chi connectivity index (χ4n) is 5.82. The van der Waals surface area contributed by atoms with Gasteiger partial charge in [0.15, 0.2) is 0 Å². The van der Waals surface area contributed by atoms with Crippen molar-refractivity contribution in [2.75, 3.05) is 98.9 Å². The molecule has 2 rings (SSSR count). The van der Waals surface area contributed by atoms with Crippen LogP contribution in [0.5, 0.6) is 5.75 Å². The first-order valence-corrected chi connectivity index (χ1v) is 24.2. The zero-order valence-electron chi connectivity index (χ0n) is 37.6. The highest BCUT2D eigenvalue weighted by atomic mass is 32.5. The predicted molar refractivity (Wildman–Crippen MR) is 252 cm³/mol. The zero-order valence-corrected chi connectivity index (χ0v) is 39.3. The first-order valence-electron chi connectivity index (χ1n) is 21.5. The number of carbonyl (C=O) groups is 4. The second-order valence-corrected chi connectivity index (χ2v) is 18.7. The van der Waals surface area contributed by atoms with Gasteiger partial charge in [0, 0.05) is 55.7 Å². The van der Waals surface area contributed by atoms with Crippen LogP contribution in [0.3, 0.4) is 0 Å². The van der Waals surface area contributed by atoms with E-state index in [2.05, 4.69) is 39.0 Å². The van der Waals surface area contributed by atoms with Crippen molar-refractivity contribution in [3.8, 4) is 53.9 Å². The fraction of sp³-hybridized carbons (Fsp3) is 0.532. The van der Waals surface area contributed by atoms with Crippen LogP contribution >= 0.6 is 6.49 Å². The van der Waals surface area contributed by atoms with Crippen molar-refractivity contribution in [3.63, 3.8) is 0 Å². The van der Waals surface area contributed by atoms with Crippen molar-refractivity contribution in [2.24, 2.45) is 0 Å². The SMILES string of the molecule is C#CCOCCOCCNC(=O)CCC(CCC(=O)NCCOCCOCC#C)(CCC(=O)NCCOCCOCC#C)NC(=O)c1ccc(-c2ccc(OP(O)(=S)C(C)C)cc2)cc1. The molecule has 2 aromatic rings. The Bertz CT molecular complexity index is 1780. The molecule has 18 heteroatoms. The van der Waals surface area contributed by atoms with E-state index in [0.29, 0.717) is 51.0 Å². The summed E-state index contributed by atoms with van der Waals surface area (Å²) in [6.07, 6.45) is 15.8. The van der Waals surface area contributed by atoms with Gasteiger partial charge >= 0.3 is 0 Å². The van der Waals surface area contributed by atoms with Crippen LogP contribution in [0.2, 0.25) is 0 Å². The number of rotatable bonds is 36. The summed E-state index contributed by atoms with van der Waals surface area (Å²) in [5.41, 5.74) is 0.595. The average Bonchev–Trinajstić information content (AvgIpc) is 3.29. The Morgan fingerprint density at radius 1 is 0.600 bits per heavy atom. The molecule has 4 amide bonds. The minimum absolute atomic E-state index is 0.0271. The molecular formula is C47H65N4O12PS. The quantitative estimate of drug-likeness (QED) is 0.0378. The van der Waals surface area contributed by atoms with Crippen molar-refractivity contribution in [3.05, 3.63) is 54.1 Å². The summed E-state index contributed by atoms with van der Waals surface area (Å²) in [5.74, 6) is 6.22. The fourth-order valence-corrected chi connectivity index (χ4v) is 6.71. The first kappa shape index (κ1) is 56.3. The normalized spacial score (nSPS) is 12.0. The van der Waals surface area contributed by atoms with Gasteiger partial charge in [-0.1, -0.05) is 55.9 Å². The van der Waals surface area contributed by atoms with Crippen molar-refractivity contribution in [1.29, 1.82) is 0 Å². The van der Waals surface area contributed by atoms with Crippen LogP contribution in [0.15, 0.2) is 48.5 Å². The van der Waals surface area contributed by atoms with Crippen LogP contribution in [-0.2, 0) is 54.6 Å². The molecule has 0 aromatic heterocycles. The molecule has 5 N–H and O–H groups in total. The number of nitrogens with one attached hydrogen (secondary N) is 4. The number of ether oxygens (including phenoxy) is 6. The molecule has 65 heavy (non-hydrogen) atoms. The molecular weight excluding hydrogens is 876 g/mol. The topological polar surface area (TPSA) is 201 Å². The third-order valence-electron chi connectivity index (χ3n) is 9.47. The summed E-state index contributed by atoms with van der Waals surface area (Å²) in [6, 6.07) is 14.0. The van der Waals surface area contributed by atoms with Crippen LogP contribution in [0.1, 0.15) is 62.7 Å². The highest BCUT2D eigenvalue weighted by molar-refractivity contribution is 8.09. The molecule has 2 aromatic carbocycles. The molecule has 0 radical (unpaired) electrons. The highest BCUT2D eigenvalue weighted by Gasteiger charge is 2.34. The lowest BCUT2D eigenvalue weighted by molar-refractivity contribution is -0.121. The lowest BCUT2D eigenvalue weighted by Gasteiger charge is -2.35. The monoisotopic (exact) mass is 940 g/mol. The maximum atomic E-state index is 14.1. The summed E-state index contributed by atoms with van der Waals surface area (Å²) in [7, 11) is 0. The lowest BCUT2D eigenvalue weighted by Crippen LogP contribution is -2.50. The van der Waals surface area contributed by atoms with Crippen LogP contribution in [0.25, 0.3) is 11.1 Å². The molecule has 0 aliphatic rings. The van der Waals surface area contributed by atoms with Crippen LogP contribution in [0, 0.1) is 37.0 Å². The standard InChI is InChI=1S/C47H65N4O12PS/c1-6-26-57-32-35-60-29-23-48-43(52)17-20-47(21-18-44(53)49-24-30-61-36-33-58-27-7-2,22-19-45(54)50-25-31-62-37-34-59-28-8-3)51-46(55)41-11-9-39(10-12-41)40-13-15-42(16-14-40)63-64(56,65)38(4)5/h1-3,9-16,38H,17-37H2,4-5H3,(H,48,52)(H,49,53)(H,50,54)(H,51,55)(H,56,65). The van der Waals surface area contributed by atoms with Crippen molar-refractivity contribution in [2.45, 2.75) is 63.6 Å². The molecule has 16 nitrogen and oxygen atoms in total. The number of amides is 4. The minimum Gasteiger partial charge on any atom is -0.443 e. The molecule has 0 spiro atoms. The predicted octanol–water partition coefficient (Wildman–Crippen LogP) is 3.60. The summed E-state index contributed by atoms with van der Waals surface area (Å²) in [6.45, 7) is 4.43. The minimum atomic E-state index is -3.00. The van der Waals surface area contributed by atoms with Crippen molar-refractivity contribution >= 4 is 41.9 Å². The van der Waals surface area contributed by atoms with E-state index in [1.165, 1.54) is 0 Å². The molecule has 0 saturated heterocycles. The zero-order chi connectivity index (χ0) is 47.6. The molecule has 356 valence electrons. The smallest absolute Gasteiger partial charge is 0.251 e. The molecule has 0 fully saturated rings. The van der Waals surface area contributed by atoms with Gasteiger partial charge in [0.25, 0.3) is 5.91 Å². The molecule has 1 atom stereocenters. The Morgan fingerprint density at radius 2 is 0.954 bits per heavy atom. The second-order valence-electron chi connectivity index (χ2n) is 14.7. The summed E-state index contributed by atoms with van der Waals surface area (Å²) in [5, 5.41) is 11.6. The van der Waals surface area contributed by atoms with E-state index in [9.17, 15) is 24.1 Å². The maximum absolute atomic E-state index is 14.1. The molecule has 0 heterocycles. The number of hydrogen-bond donors (Lipinski definition) is 5. The van der Waals surface area contributed by atoms with E-state index in [-0.39, 0.29) is 121 Å². The van der Waals surface area contributed by atoms with Crippen molar-refractivity contribution in [1.82, 2.24) is 21.3 Å². The van der Waals surface area contributed by atoms with Crippen LogP contribution < -0.4 is 25.8 Å². The van der Waals surface area contributed by atoms with E-state index in [1.807, 2.05) is 26.0 Å². The van der Waals surface area contributed by atoms with Crippen LogP contribution in [0.4, 0.5) is 0 Å². The van der Waals surface area contributed by atoms with E-state index in [0.717, 1.165) is 11.1 Å². The van der Waals surface area contributed by atoms with E-state index in [1.54, 1.807) is 36.4 Å². The van der Waals surface area contributed by atoms with Gasteiger partial charge in [0.05, 0.1) is 59.5 Å². The highest BCUT2D eigenvalue weighted by Crippen LogP contribution is 2.47.